The first-order chi connectivity index (χ1) is 6.70. The molecule has 0 aliphatic carbocycles. The molecule has 2 N–H and O–H groups in total. The minimum Gasteiger partial charge on any atom is -0.336 e. The van der Waals surface area contributed by atoms with Gasteiger partial charge in [0, 0.05) is 19.4 Å². The number of aromatic nitrogens is 4. The van der Waals surface area contributed by atoms with Gasteiger partial charge in [0.2, 0.25) is 0 Å². The fraction of sp³-hybridized carbons (Fsp3) is 0.375. The normalized spacial score (nSPS) is 13.1. The molecule has 6 heteroatoms. The number of aryl methyl sites for hydroxylation is 2. The van der Waals surface area contributed by atoms with Crippen LogP contribution in [0.25, 0.3) is 0 Å². The quantitative estimate of drug-likeness (QED) is 0.787. The Bertz CT molecular complexity index is 392. The summed E-state index contributed by atoms with van der Waals surface area (Å²) in [6, 6.07) is -0.227. The molecule has 0 radical (unpaired) electrons. The summed E-state index contributed by atoms with van der Waals surface area (Å²) in [5, 5.41) is 3.93. The van der Waals surface area contributed by atoms with Crippen LogP contribution in [0.15, 0.2) is 12.4 Å². The lowest BCUT2D eigenvalue weighted by Gasteiger charge is -2.08. The lowest BCUT2D eigenvalue weighted by atomic mass is 10.2. The Kier molecular flexibility index (Phi) is 2.30. The molecule has 14 heavy (non-hydrogen) atoms. The summed E-state index contributed by atoms with van der Waals surface area (Å²) in [6.07, 6.45) is 3.61. The van der Waals surface area contributed by atoms with E-state index in [9.17, 15) is 0 Å². The van der Waals surface area contributed by atoms with Crippen molar-refractivity contribution in [2.75, 3.05) is 0 Å². The predicted octanol–water partition coefficient (Wildman–Crippen LogP) is 0.628. The van der Waals surface area contributed by atoms with Crippen LogP contribution in [-0.4, -0.2) is 19.1 Å². The van der Waals surface area contributed by atoms with Crippen molar-refractivity contribution < 1.29 is 0 Å². The summed E-state index contributed by atoms with van der Waals surface area (Å²) in [4.78, 5) is 5.17. The Labute approximate surface area is 85.8 Å². The number of hydrogen-bond acceptors (Lipinski definition) is 5. The van der Waals surface area contributed by atoms with Crippen molar-refractivity contribution in [2.45, 2.75) is 13.0 Å². The minimum absolute atomic E-state index is 0.227. The Morgan fingerprint density at radius 3 is 2.86 bits per heavy atom. The van der Waals surface area contributed by atoms with E-state index in [-0.39, 0.29) is 6.04 Å². The molecule has 2 aromatic rings. The van der Waals surface area contributed by atoms with Gasteiger partial charge >= 0.3 is 0 Å². The van der Waals surface area contributed by atoms with Crippen molar-refractivity contribution >= 4 is 11.5 Å². The van der Waals surface area contributed by atoms with Crippen LogP contribution in [0.1, 0.15) is 22.4 Å². The fourth-order valence-corrected chi connectivity index (χ4v) is 1.96. The van der Waals surface area contributed by atoms with E-state index in [0.717, 1.165) is 16.4 Å². The van der Waals surface area contributed by atoms with Gasteiger partial charge in [-0.05, 0) is 18.5 Å². The Balaban J connectivity index is 2.38. The van der Waals surface area contributed by atoms with Crippen LogP contribution in [0.2, 0.25) is 0 Å². The highest BCUT2D eigenvalue weighted by atomic mass is 32.1. The summed E-state index contributed by atoms with van der Waals surface area (Å²) < 4.78 is 5.76. The maximum absolute atomic E-state index is 6.05. The van der Waals surface area contributed by atoms with E-state index in [1.807, 2.05) is 24.7 Å². The van der Waals surface area contributed by atoms with Crippen molar-refractivity contribution in [2.24, 2.45) is 12.8 Å². The smallest absolute Gasteiger partial charge is 0.130 e. The van der Waals surface area contributed by atoms with Crippen LogP contribution in [0.4, 0.5) is 0 Å². The number of hydrogen-bond donors (Lipinski definition) is 1. The average molecular weight is 209 g/mol. The van der Waals surface area contributed by atoms with Gasteiger partial charge in [-0.2, -0.15) is 0 Å². The monoisotopic (exact) mass is 209 g/mol. The zero-order valence-corrected chi connectivity index (χ0v) is 8.82. The summed E-state index contributed by atoms with van der Waals surface area (Å²) in [5.41, 5.74) is 6.93. The van der Waals surface area contributed by atoms with E-state index in [4.69, 9.17) is 5.73 Å². The second-order valence-corrected chi connectivity index (χ2v) is 3.88. The maximum Gasteiger partial charge on any atom is 0.130 e. The molecule has 0 spiro atoms. The molecule has 0 aromatic carbocycles. The first-order valence-electron chi connectivity index (χ1n) is 4.22. The Hall–Kier alpha value is -1.27. The largest absolute Gasteiger partial charge is 0.336 e. The standard InChI is InChI=1S/C8H11N5S/c1-5-7(14-12-11-5)6(9)8-10-3-4-13(8)2/h3-4,6H,9H2,1-2H3. The lowest BCUT2D eigenvalue weighted by molar-refractivity contribution is 0.721. The zero-order chi connectivity index (χ0) is 10.1. The van der Waals surface area contributed by atoms with Gasteiger partial charge < -0.3 is 10.3 Å². The third-order valence-electron chi connectivity index (χ3n) is 2.11. The fourth-order valence-electron chi connectivity index (χ4n) is 1.32. The lowest BCUT2D eigenvalue weighted by Crippen LogP contribution is -2.16. The van der Waals surface area contributed by atoms with Crippen LogP contribution in [-0.2, 0) is 7.05 Å². The topological polar surface area (TPSA) is 69.6 Å². The van der Waals surface area contributed by atoms with Crippen molar-refractivity contribution in [3.05, 3.63) is 28.8 Å². The van der Waals surface area contributed by atoms with Gasteiger partial charge in [0.1, 0.15) is 11.9 Å². The highest BCUT2D eigenvalue weighted by molar-refractivity contribution is 7.05. The molecule has 1 unspecified atom stereocenters. The van der Waals surface area contributed by atoms with Crippen molar-refractivity contribution in [3.63, 3.8) is 0 Å². The first kappa shape index (κ1) is 9.29. The van der Waals surface area contributed by atoms with E-state index in [2.05, 4.69) is 14.6 Å². The third-order valence-corrected chi connectivity index (χ3v) is 3.02. The van der Waals surface area contributed by atoms with E-state index < -0.39 is 0 Å². The molecule has 1 atom stereocenters. The second-order valence-electron chi connectivity index (χ2n) is 3.10. The Morgan fingerprint density at radius 1 is 1.57 bits per heavy atom. The molecule has 0 saturated heterocycles. The molecular weight excluding hydrogens is 198 g/mol. The highest BCUT2D eigenvalue weighted by Gasteiger charge is 2.18. The second kappa shape index (κ2) is 3.47. The van der Waals surface area contributed by atoms with Gasteiger partial charge in [-0.15, -0.1) is 5.10 Å². The van der Waals surface area contributed by atoms with Crippen LogP contribution in [0.3, 0.4) is 0 Å². The molecular formula is C8H11N5S. The molecule has 0 aliphatic heterocycles. The van der Waals surface area contributed by atoms with Gasteiger partial charge in [0.05, 0.1) is 10.6 Å². The third kappa shape index (κ3) is 1.42. The number of nitrogens with zero attached hydrogens (tertiary/aromatic N) is 4. The molecule has 5 nitrogen and oxygen atoms in total. The first-order valence-corrected chi connectivity index (χ1v) is 4.99. The van der Waals surface area contributed by atoms with Gasteiger partial charge in [0.25, 0.3) is 0 Å². The van der Waals surface area contributed by atoms with Crippen molar-refractivity contribution in [1.82, 2.24) is 19.1 Å². The van der Waals surface area contributed by atoms with Gasteiger partial charge in [-0.1, -0.05) is 4.49 Å². The number of rotatable bonds is 2. The zero-order valence-electron chi connectivity index (χ0n) is 8.01. The predicted molar refractivity (Wildman–Crippen MR) is 53.9 cm³/mol. The van der Waals surface area contributed by atoms with Crippen molar-refractivity contribution in [1.29, 1.82) is 0 Å². The molecule has 2 rings (SSSR count). The van der Waals surface area contributed by atoms with E-state index in [1.165, 1.54) is 11.5 Å². The van der Waals surface area contributed by atoms with Gasteiger partial charge in [-0.3, -0.25) is 0 Å². The van der Waals surface area contributed by atoms with Crippen LogP contribution >= 0.6 is 11.5 Å². The number of imidazole rings is 1. The molecule has 2 aromatic heterocycles. The molecule has 0 aliphatic rings. The molecule has 0 fully saturated rings. The highest BCUT2D eigenvalue weighted by Crippen LogP contribution is 2.22. The molecule has 0 saturated carbocycles. The summed E-state index contributed by atoms with van der Waals surface area (Å²) >= 11 is 1.33. The minimum atomic E-state index is -0.227. The Morgan fingerprint density at radius 2 is 2.36 bits per heavy atom. The SMILES string of the molecule is Cc1nnsc1C(N)c1nccn1C. The summed E-state index contributed by atoms with van der Waals surface area (Å²) in [7, 11) is 1.92. The molecule has 0 amide bonds. The summed E-state index contributed by atoms with van der Waals surface area (Å²) in [6.45, 7) is 1.90. The van der Waals surface area contributed by atoms with Crippen LogP contribution in [0, 0.1) is 6.92 Å². The summed E-state index contributed by atoms with van der Waals surface area (Å²) in [5.74, 6) is 0.833. The van der Waals surface area contributed by atoms with Crippen LogP contribution < -0.4 is 5.73 Å². The van der Waals surface area contributed by atoms with Gasteiger partial charge in [0.15, 0.2) is 0 Å². The van der Waals surface area contributed by atoms with Crippen molar-refractivity contribution in [3.8, 4) is 0 Å². The van der Waals surface area contributed by atoms with E-state index in [1.54, 1.807) is 6.20 Å². The molecule has 0 bridgehead atoms. The molecule has 74 valence electrons. The number of nitrogens with two attached hydrogens (primary N) is 1. The van der Waals surface area contributed by atoms with E-state index in [0.29, 0.717) is 0 Å². The van der Waals surface area contributed by atoms with E-state index >= 15 is 0 Å². The van der Waals surface area contributed by atoms with Gasteiger partial charge in [-0.25, -0.2) is 4.98 Å². The van der Waals surface area contributed by atoms with Crippen LogP contribution in [0.5, 0.6) is 0 Å². The average Bonchev–Trinajstić information content (AvgIpc) is 2.73. The molecule has 2 heterocycles. The maximum atomic E-state index is 6.05.